The maximum atomic E-state index is 13.1. The molecule has 0 saturated carbocycles. The van der Waals surface area contributed by atoms with Gasteiger partial charge >= 0.3 is 0 Å². The number of anilines is 1. The quantitative estimate of drug-likeness (QED) is 0.720. The number of hydrogen-bond donors (Lipinski definition) is 1. The van der Waals surface area contributed by atoms with E-state index in [9.17, 15) is 9.18 Å². The zero-order chi connectivity index (χ0) is 20.1. The smallest absolute Gasteiger partial charge is 0.225 e. The third-order valence-corrected chi connectivity index (χ3v) is 5.20. The van der Waals surface area contributed by atoms with Crippen molar-refractivity contribution in [2.45, 2.75) is 19.4 Å². The van der Waals surface area contributed by atoms with Gasteiger partial charge < -0.3 is 10.2 Å². The molecular weight excluding hydrogens is 367 g/mol. The molecule has 1 amide bonds. The summed E-state index contributed by atoms with van der Waals surface area (Å²) in [7, 11) is 0. The van der Waals surface area contributed by atoms with E-state index in [1.807, 2.05) is 30.3 Å². The highest BCUT2D eigenvalue weighted by Crippen LogP contribution is 2.23. The summed E-state index contributed by atoms with van der Waals surface area (Å²) in [4.78, 5) is 23.6. The SMILES string of the molecule is O=C(NCc1ccccc1)[C@H]1CCCN(c2ncc(-c3ccc(F)cc3)cn2)C1. The Morgan fingerprint density at radius 2 is 1.76 bits per heavy atom. The molecule has 6 heteroatoms. The summed E-state index contributed by atoms with van der Waals surface area (Å²) in [6, 6.07) is 16.2. The van der Waals surface area contributed by atoms with Crippen LogP contribution in [0.2, 0.25) is 0 Å². The molecule has 1 atom stereocenters. The minimum atomic E-state index is -0.267. The van der Waals surface area contributed by atoms with Gasteiger partial charge in [0.2, 0.25) is 11.9 Å². The van der Waals surface area contributed by atoms with E-state index >= 15 is 0 Å². The maximum absolute atomic E-state index is 13.1. The molecule has 1 saturated heterocycles. The summed E-state index contributed by atoms with van der Waals surface area (Å²) < 4.78 is 13.1. The van der Waals surface area contributed by atoms with E-state index < -0.39 is 0 Å². The third-order valence-electron chi connectivity index (χ3n) is 5.20. The van der Waals surface area contributed by atoms with Crippen molar-refractivity contribution in [3.05, 3.63) is 78.4 Å². The lowest BCUT2D eigenvalue weighted by atomic mass is 9.97. The summed E-state index contributed by atoms with van der Waals surface area (Å²) in [5.74, 6) is 0.349. The number of piperidine rings is 1. The van der Waals surface area contributed by atoms with E-state index in [4.69, 9.17) is 0 Å². The van der Waals surface area contributed by atoms with E-state index in [1.165, 1.54) is 12.1 Å². The highest BCUT2D eigenvalue weighted by Gasteiger charge is 2.27. The van der Waals surface area contributed by atoms with Crippen molar-refractivity contribution in [3.63, 3.8) is 0 Å². The number of carbonyl (C=O) groups is 1. The van der Waals surface area contributed by atoms with Gasteiger partial charge in [0.15, 0.2) is 0 Å². The minimum absolute atomic E-state index is 0.0708. The molecule has 1 N–H and O–H groups in total. The largest absolute Gasteiger partial charge is 0.352 e. The average Bonchev–Trinajstić information content (AvgIpc) is 2.79. The molecule has 0 bridgehead atoms. The Kier molecular flexibility index (Phi) is 5.79. The normalized spacial score (nSPS) is 16.4. The zero-order valence-electron chi connectivity index (χ0n) is 16.1. The molecule has 0 spiro atoms. The van der Waals surface area contributed by atoms with Crippen molar-refractivity contribution in [1.82, 2.24) is 15.3 Å². The van der Waals surface area contributed by atoms with E-state index in [2.05, 4.69) is 20.2 Å². The number of benzene rings is 2. The van der Waals surface area contributed by atoms with Gasteiger partial charge in [-0.15, -0.1) is 0 Å². The van der Waals surface area contributed by atoms with Crippen LogP contribution in [0, 0.1) is 11.7 Å². The minimum Gasteiger partial charge on any atom is -0.352 e. The second-order valence-electron chi connectivity index (χ2n) is 7.27. The summed E-state index contributed by atoms with van der Waals surface area (Å²) in [6.45, 7) is 1.98. The van der Waals surface area contributed by atoms with Gasteiger partial charge in [-0.2, -0.15) is 0 Å². The summed E-state index contributed by atoms with van der Waals surface area (Å²) in [5, 5.41) is 3.04. The number of hydrogen-bond acceptors (Lipinski definition) is 4. The molecule has 0 unspecified atom stereocenters. The summed E-state index contributed by atoms with van der Waals surface area (Å²) in [6.07, 6.45) is 5.28. The predicted octanol–water partition coefficient (Wildman–Crippen LogP) is 3.82. The number of nitrogens with one attached hydrogen (secondary N) is 1. The standard InChI is InChI=1S/C23H23FN4O/c24-21-10-8-18(9-11-21)20-14-26-23(27-15-20)28-12-4-7-19(16-28)22(29)25-13-17-5-2-1-3-6-17/h1-3,5-6,8-11,14-15,19H,4,7,12-13,16H2,(H,25,29)/t19-/m0/s1. The number of halogens is 1. The number of carbonyl (C=O) groups excluding carboxylic acids is 1. The maximum Gasteiger partial charge on any atom is 0.225 e. The molecule has 3 aromatic rings. The van der Waals surface area contributed by atoms with Gasteiger partial charge in [-0.1, -0.05) is 42.5 Å². The van der Waals surface area contributed by atoms with Gasteiger partial charge in [0.25, 0.3) is 0 Å². The van der Waals surface area contributed by atoms with Crippen LogP contribution in [0.25, 0.3) is 11.1 Å². The molecule has 0 aliphatic carbocycles. The lowest BCUT2D eigenvalue weighted by Gasteiger charge is -2.32. The van der Waals surface area contributed by atoms with Gasteiger partial charge in [0.05, 0.1) is 5.92 Å². The Bertz CT molecular complexity index is 945. The van der Waals surface area contributed by atoms with E-state index in [-0.39, 0.29) is 17.6 Å². The molecule has 2 aromatic carbocycles. The third kappa shape index (κ3) is 4.77. The van der Waals surface area contributed by atoms with Crippen LogP contribution in [0.1, 0.15) is 18.4 Å². The van der Waals surface area contributed by atoms with Crippen molar-refractivity contribution in [3.8, 4) is 11.1 Å². The fourth-order valence-electron chi connectivity index (χ4n) is 3.58. The number of amides is 1. The van der Waals surface area contributed by atoms with Crippen molar-refractivity contribution in [1.29, 1.82) is 0 Å². The molecule has 1 aromatic heterocycles. The number of rotatable bonds is 5. The van der Waals surface area contributed by atoms with Gasteiger partial charge in [-0.25, -0.2) is 14.4 Å². The molecular formula is C23H23FN4O. The summed E-state index contributed by atoms with van der Waals surface area (Å²) >= 11 is 0. The second kappa shape index (κ2) is 8.82. The van der Waals surface area contributed by atoms with Crippen molar-refractivity contribution in [2.24, 2.45) is 5.92 Å². The molecule has 148 valence electrons. The fraction of sp³-hybridized carbons (Fsp3) is 0.261. The van der Waals surface area contributed by atoms with Crippen LogP contribution in [-0.4, -0.2) is 29.0 Å². The van der Waals surface area contributed by atoms with Crippen molar-refractivity contribution in [2.75, 3.05) is 18.0 Å². The van der Waals surface area contributed by atoms with Crippen molar-refractivity contribution < 1.29 is 9.18 Å². The van der Waals surface area contributed by atoms with Crippen LogP contribution in [-0.2, 0) is 11.3 Å². The van der Waals surface area contributed by atoms with E-state index in [0.29, 0.717) is 19.0 Å². The highest BCUT2D eigenvalue weighted by molar-refractivity contribution is 5.79. The monoisotopic (exact) mass is 390 g/mol. The predicted molar refractivity (Wildman–Crippen MR) is 111 cm³/mol. The lowest BCUT2D eigenvalue weighted by molar-refractivity contribution is -0.125. The van der Waals surface area contributed by atoms with Crippen LogP contribution >= 0.6 is 0 Å². The Balaban J connectivity index is 1.37. The van der Waals surface area contributed by atoms with Crippen molar-refractivity contribution >= 4 is 11.9 Å². The molecule has 1 fully saturated rings. The highest BCUT2D eigenvalue weighted by atomic mass is 19.1. The van der Waals surface area contributed by atoms with Gasteiger partial charge in [-0.3, -0.25) is 4.79 Å². The first-order valence-electron chi connectivity index (χ1n) is 9.83. The molecule has 0 radical (unpaired) electrons. The van der Waals surface area contributed by atoms with Gasteiger partial charge in [-0.05, 0) is 36.1 Å². The molecule has 1 aliphatic heterocycles. The first kappa shape index (κ1) is 19.1. The Hall–Kier alpha value is -3.28. The van der Waals surface area contributed by atoms with E-state index in [0.717, 1.165) is 36.1 Å². The van der Waals surface area contributed by atoms with Gasteiger partial charge in [0, 0.05) is 37.6 Å². The molecule has 1 aliphatic rings. The zero-order valence-corrected chi connectivity index (χ0v) is 16.1. The Labute approximate surface area is 169 Å². The second-order valence-corrected chi connectivity index (χ2v) is 7.27. The lowest BCUT2D eigenvalue weighted by Crippen LogP contribution is -2.43. The number of nitrogens with zero attached hydrogens (tertiary/aromatic N) is 3. The molecule has 4 rings (SSSR count). The van der Waals surface area contributed by atoms with Crippen LogP contribution in [0.5, 0.6) is 0 Å². The van der Waals surface area contributed by atoms with E-state index in [1.54, 1.807) is 24.5 Å². The average molecular weight is 390 g/mol. The molecule has 5 nitrogen and oxygen atoms in total. The molecule has 29 heavy (non-hydrogen) atoms. The van der Waals surface area contributed by atoms with Crippen LogP contribution < -0.4 is 10.2 Å². The van der Waals surface area contributed by atoms with Gasteiger partial charge in [0.1, 0.15) is 5.82 Å². The first-order valence-corrected chi connectivity index (χ1v) is 9.83. The van der Waals surface area contributed by atoms with Crippen LogP contribution in [0.15, 0.2) is 67.0 Å². The fourth-order valence-corrected chi connectivity index (χ4v) is 3.58. The Morgan fingerprint density at radius 3 is 2.48 bits per heavy atom. The van der Waals surface area contributed by atoms with Crippen LogP contribution in [0.3, 0.4) is 0 Å². The molecule has 2 heterocycles. The Morgan fingerprint density at radius 1 is 1.03 bits per heavy atom. The summed E-state index contributed by atoms with van der Waals surface area (Å²) in [5.41, 5.74) is 2.80. The first-order chi connectivity index (χ1) is 14.2. The number of aromatic nitrogens is 2. The topological polar surface area (TPSA) is 58.1 Å². The van der Waals surface area contributed by atoms with Crippen LogP contribution in [0.4, 0.5) is 10.3 Å².